The molecule has 0 atom stereocenters. The summed E-state index contributed by atoms with van der Waals surface area (Å²) in [5, 5.41) is 0. The standard InChI is InChI=1S/C13H27IN2/c1-13(2,3)12-16-10-8-15(9-11-16)7-5-4-6-14/h4-12H2,1-3H3. The molecule has 1 heterocycles. The molecule has 0 radical (unpaired) electrons. The summed E-state index contributed by atoms with van der Waals surface area (Å²) in [5.74, 6) is 0. The predicted molar refractivity (Wildman–Crippen MR) is 80.5 cm³/mol. The fourth-order valence-electron chi connectivity index (χ4n) is 2.27. The van der Waals surface area contributed by atoms with Crippen molar-refractivity contribution in [1.82, 2.24) is 9.80 Å². The molecule has 1 aliphatic rings. The molecule has 96 valence electrons. The van der Waals surface area contributed by atoms with E-state index in [4.69, 9.17) is 0 Å². The van der Waals surface area contributed by atoms with Gasteiger partial charge in [0.25, 0.3) is 0 Å². The van der Waals surface area contributed by atoms with Crippen LogP contribution >= 0.6 is 22.6 Å². The summed E-state index contributed by atoms with van der Waals surface area (Å²) in [6.07, 6.45) is 2.75. The molecule has 0 aliphatic carbocycles. The number of rotatable bonds is 5. The summed E-state index contributed by atoms with van der Waals surface area (Å²) in [4.78, 5) is 5.25. The lowest BCUT2D eigenvalue weighted by molar-refractivity contribution is 0.102. The Hall–Kier alpha value is 0.650. The van der Waals surface area contributed by atoms with Crippen LogP contribution in [-0.4, -0.2) is 53.5 Å². The maximum Gasteiger partial charge on any atom is 0.0110 e. The second kappa shape index (κ2) is 7.17. The first-order chi connectivity index (χ1) is 7.51. The first-order valence-electron chi connectivity index (χ1n) is 6.52. The van der Waals surface area contributed by atoms with Crippen LogP contribution in [0.25, 0.3) is 0 Å². The number of nitrogens with zero attached hydrogens (tertiary/aromatic N) is 2. The normalized spacial score (nSPS) is 20.2. The van der Waals surface area contributed by atoms with Crippen LogP contribution in [0.3, 0.4) is 0 Å². The highest BCUT2D eigenvalue weighted by Gasteiger charge is 2.20. The van der Waals surface area contributed by atoms with Gasteiger partial charge in [0.1, 0.15) is 0 Å². The summed E-state index contributed by atoms with van der Waals surface area (Å²) in [6, 6.07) is 0. The van der Waals surface area contributed by atoms with Crippen molar-refractivity contribution in [2.45, 2.75) is 33.6 Å². The molecule has 0 aromatic carbocycles. The Balaban J connectivity index is 2.13. The molecule has 1 rings (SSSR count). The maximum atomic E-state index is 2.63. The molecule has 0 amide bonds. The first-order valence-corrected chi connectivity index (χ1v) is 8.04. The van der Waals surface area contributed by atoms with E-state index in [0.29, 0.717) is 5.41 Å². The average molecular weight is 338 g/mol. The molecule has 16 heavy (non-hydrogen) atoms. The Morgan fingerprint density at radius 2 is 1.50 bits per heavy atom. The molecule has 3 heteroatoms. The number of halogens is 1. The van der Waals surface area contributed by atoms with Crippen molar-refractivity contribution < 1.29 is 0 Å². The lowest BCUT2D eigenvalue weighted by Crippen LogP contribution is -2.48. The topological polar surface area (TPSA) is 6.48 Å². The Labute approximate surface area is 115 Å². The van der Waals surface area contributed by atoms with Crippen LogP contribution in [-0.2, 0) is 0 Å². The van der Waals surface area contributed by atoms with Crippen LogP contribution in [0.15, 0.2) is 0 Å². The zero-order valence-corrected chi connectivity index (χ0v) is 13.3. The second-order valence-electron chi connectivity index (χ2n) is 6.07. The highest BCUT2D eigenvalue weighted by molar-refractivity contribution is 14.1. The Kier molecular flexibility index (Phi) is 6.59. The Bertz CT molecular complexity index is 181. The van der Waals surface area contributed by atoms with Gasteiger partial charge in [-0.2, -0.15) is 0 Å². The van der Waals surface area contributed by atoms with Crippen LogP contribution in [0.4, 0.5) is 0 Å². The van der Waals surface area contributed by atoms with Gasteiger partial charge in [-0.05, 0) is 29.2 Å². The smallest absolute Gasteiger partial charge is 0.0110 e. The van der Waals surface area contributed by atoms with Crippen LogP contribution in [0.5, 0.6) is 0 Å². The van der Waals surface area contributed by atoms with E-state index in [1.54, 1.807) is 0 Å². The van der Waals surface area contributed by atoms with Crippen LogP contribution in [0.1, 0.15) is 33.6 Å². The van der Waals surface area contributed by atoms with E-state index in [9.17, 15) is 0 Å². The van der Waals surface area contributed by atoms with Crippen molar-refractivity contribution in [3.63, 3.8) is 0 Å². The van der Waals surface area contributed by atoms with Gasteiger partial charge in [0, 0.05) is 32.7 Å². The zero-order chi connectivity index (χ0) is 12.0. The van der Waals surface area contributed by atoms with Gasteiger partial charge in [-0.1, -0.05) is 43.4 Å². The predicted octanol–water partition coefficient (Wildman–Crippen LogP) is 2.87. The van der Waals surface area contributed by atoms with E-state index in [0.717, 1.165) is 0 Å². The minimum Gasteiger partial charge on any atom is -0.301 e. The molecule has 0 aromatic heterocycles. The SMILES string of the molecule is CC(C)(C)CN1CCN(CCCCI)CC1. The van der Waals surface area contributed by atoms with Gasteiger partial charge in [0.05, 0.1) is 0 Å². The summed E-state index contributed by atoms with van der Waals surface area (Å²) in [6.45, 7) is 14.6. The molecular weight excluding hydrogens is 311 g/mol. The quantitative estimate of drug-likeness (QED) is 0.432. The fraction of sp³-hybridized carbons (Fsp3) is 1.00. The van der Waals surface area contributed by atoms with Gasteiger partial charge in [-0.15, -0.1) is 0 Å². The highest BCUT2D eigenvalue weighted by atomic mass is 127. The summed E-state index contributed by atoms with van der Waals surface area (Å²) in [5.41, 5.74) is 0.448. The third-order valence-electron chi connectivity index (χ3n) is 3.02. The van der Waals surface area contributed by atoms with Crippen molar-refractivity contribution in [3.05, 3.63) is 0 Å². The summed E-state index contributed by atoms with van der Waals surface area (Å²) < 4.78 is 1.31. The third kappa shape index (κ3) is 6.40. The number of unbranched alkanes of at least 4 members (excludes halogenated alkanes) is 1. The molecule has 0 spiro atoms. The van der Waals surface area contributed by atoms with Gasteiger partial charge >= 0.3 is 0 Å². The highest BCUT2D eigenvalue weighted by Crippen LogP contribution is 2.16. The molecule has 0 saturated carbocycles. The van der Waals surface area contributed by atoms with Crippen molar-refractivity contribution in [2.24, 2.45) is 5.41 Å². The lowest BCUT2D eigenvalue weighted by Gasteiger charge is -2.37. The van der Waals surface area contributed by atoms with Crippen molar-refractivity contribution in [3.8, 4) is 0 Å². The number of piperazine rings is 1. The molecule has 2 nitrogen and oxygen atoms in total. The van der Waals surface area contributed by atoms with Crippen molar-refractivity contribution in [1.29, 1.82) is 0 Å². The van der Waals surface area contributed by atoms with Crippen LogP contribution < -0.4 is 0 Å². The lowest BCUT2D eigenvalue weighted by atomic mass is 9.96. The molecular formula is C13H27IN2. The zero-order valence-electron chi connectivity index (χ0n) is 11.1. The van der Waals surface area contributed by atoms with E-state index < -0.39 is 0 Å². The van der Waals surface area contributed by atoms with Gasteiger partial charge in [-0.25, -0.2) is 0 Å². The van der Waals surface area contributed by atoms with Gasteiger partial charge in [-0.3, -0.25) is 0 Å². The van der Waals surface area contributed by atoms with E-state index in [1.807, 2.05) is 0 Å². The molecule has 1 fully saturated rings. The molecule has 0 bridgehead atoms. The second-order valence-corrected chi connectivity index (χ2v) is 7.15. The van der Waals surface area contributed by atoms with Crippen LogP contribution in [0, 0.1) is 5.41 Å². The number of alkyl halides is 1. The molecule has 0 N–H and O–H groups in total. The largest absolute Gasteiger partial charge is 0.301 e. The number of hydrogen-bond donors (Lipinski definition) is 0. The van der Waals surface area contributed by atoms with Crippen LogP contribution in [0.2, 0.25) is 0 Å². The molecule has 1 aliphatic heterocycles. The summed E-state index contributed by atoms with van der Waals surface area (Å²) >= 11 is 2.47. The van der Waals surface area contributed by atoms with E-state index >= 15 is 0 Å². The van der Waals surface area contributed by atoms with Crippen molar-refractivity contribution >= 4 is 22.6 Å². The first kappa shape index (κ1) is 14.7. The average Bonchev–Trinajstić information content (AvgIpc) is 2.19. The van der Waals surface area contributed by atoms with Gasteiger partial charge in [0.15, 0.2) is 0 Å². The molecule has 0 aromatic rings. The van der Waals surface area contributed by atoms with Crippen molar-refractivity contribution in [2.75, 3.05) is 43.7 Å². The van der Waals surface area contributed by atoms with E-state index in [-0.39, 0.29) is 0 Å². The maximum absolute atomic E-state index is 2.63. The minimum atomic E-state index is 0.448. The van der Waals surface area contributed by atoms with E-state index in [1.165, 1.54) is 56.5 Å². The third-order valence-corrected chi connectivity index (χ3v) is 3.78. The molecule has 0 unspecified atom stereocenters. The monoisotopic (exact) mass is 338 g/mol. The fourth-order valence-corrected chi connectivity index (χ4v) is 2.81. The minimum absolute atomic E-state index is 0.448. The van der Waals surface area contributed by atoms with E-state index in [2.05, 4.69) is 53.2 Å². The molecule has 1 saturated heterocycles. The Morgan fingerprint density at radius 3 is 2.00 bits per heavy atom. The van der Waals surface area contributed by atoms with Gasteiger partial charge < -0.3 is 9.80 Å². The number of hydrogen-bond acceptors (Lipinski definition) is 2. The van der Waals surface area contributed by atoms with Gasteiger partial charge in [0.2, 0.25) is 0 Å². The summed E-state index contributed by atoms with van der Waals surface area (Å²) in [7, 11) is 0. The Morgan fingerprint density at radius 1 is 0.938 bits per heavy atom.